The van der Waals surface area contributed by atoms with E-state index in [0.29, 0.717) is 5.56 Å². The van der Waals surface area contributed by atoms with Crippen molar-refractivity contribution in [1.29, 1.82) is 0 Å². The Labute approximate surface area is 178 Å². The average Bonchev–Trinajstić information content (AvgIpc) is 2.68. The van der Waals surface area contributed by atoms with Gasteiger partial charge in [0.05, 0.1) is 12.1 Å². The fourth-order valence-electron chi connectivity index (χ4n) is 5.82. The molecule has 8 atom stereocenters. The zero-order valence-electron chi connectivity index (χ0n) is 17.4. The topological polar surface area (TPSA) is 161 Å². The van der Waals surface area contributed by atoms with Gasteiger partial charge in [-0.05, 0) is 43.3 Å². The van der Waals surface area contributed by atoms with Crippen molar-refractivity contribution in [1.82, 2.24) is 4.90 Å². The van der Waals surface area contributed by atoms with E-state index in [9.17, 15) is 34.8 Å². The lowest BCUT2D eigenvalue weighted by atomic mass is 9.52. The Bertz CT molecular complexity index is 1020. The molecule has 3 aliphatic rings. The summed E-state index contributed by atoms with van der Waals surface area (Å²) >= 11 is 0. The summed E-state index contributed by atoms with van der Waals surface area (Å²) in [6, 6.07) is 3.71. The molecule has 0 aromatic heterocycles. The minimum absolute atomic E-state index is 0.0440. The standard InChI is InChI=1S/C22H26N2O7/c1-8-9-5-4-6-12(25)10(9)7-11-13(8)17(26)15-16(24(2)3)18(27)14(21(23)30)20(29)22(15,31)19(11)28/h4-8,13-17,19,25-26,28,31H,1-3H3,(H2,23,30)/t8-,13+,14?,15+,16-,17-,19?,22-/m0/s1. The number of rotatable bonds is 2. The number of Topliss-reactive ketones (excluding diaryl/α,β-unsaturated/α-hetero) is 2. The first-order valence-electron chi connectivity index (χ1n) is 10.1. The minimum atomic E-state index is -2.61. The number of hydrogen-bond donors (Lipinski definition) is 5. The third kappa shape index (κ3) is 2.67. The van der Waals surface area contributed by atoms with Crippen LogP contribution >= 0.6 is 0 Å². The highest BCUT2D eigenvalue weighted by Crippen LogP contribution is 2.54. The number of hydrogen-bond acceptors (Lipinski definition) is 8. The molecule has 0 saturated heterocycles. The fourth-order valence-corrected chi connectivity index (χ4v) is 5.82. The molecule has 2 fully saturated rings. The fraction of sp³-hybridized carbons (Fsp3) is 0.500. The molecule has 3 aliphatic carbocycles. The van der Waals surface area contributed by atoms with E-state index in [1.54, 1.807) is 19.1 Å². The molecule has 1 aromatic carbocycles. The summed E-state index contributed by atoms with van der Waals surface area (Å²) in [5.41, 5.74) is 4.02. The highest BCUT2D eigenvalue weighted by molar-refractivity contribution is 6.24. The molecule has 4 rings (SSSR count). The number of aliphatic hydroxyl groups is 3. The van der Waals surface area contributed by atoms with Crippen molar-refractivity contribution in [2.75, 3.05) is 14.1 Å². The number of ketones is 2. The highest BCUT2D eigenvalue weighted by Gasteiger charge is 2.70. The molecule has 166 valence electrons. The summed E-state index contributed by atoms with van der Waals surface area (Å²) in [6.07, 6.45) is -1.73. The highest BCUT2D eigenvalue weighted by atomic mass is 16.4. The molecule has 0 spiro atoms. The zero-order chi connectivity index (χ0) is 23.0. The monoisotopic (exact) mass is 430 g/mol. The quantitative estimate of drug-likeness (QED) is 0.365. The van der Waals surface area contributed by atoms with E-state index >= 15 is 0 Å². The predicted molar refractivity (Wildman–Crippen MR) is 109 cm³/mol. The van der Waals surface area contributed by atoms with Crippen LogP contribution in [-0.4, -0.2) is 80.7 Å². The van der Waals surface area contributed by atoms with Crippen molar-refractivity contribution in [2.24, 2.45) is 23.5 Å². The Hall–Kier alpha value is -2.59. The number of carbonyl (C=O) groups is 3. The zero-order valence-corrected chi connectivity index (χ0v) is 17.4. The smallest absolute Gasteiger partial charge is 0.235 e. The van der Waals surface area contributed by atoms with Crippen molar-refractivity contribution in [3.05, 3.63) is 34.9 Å². The number of aliphatic hydroxyl groups excluding tert-OH is 2. The maximum absolute atomic E-state index is 13.2. The average molecular weight is 430 g/mol. The maximum atomic E-state index is 13.2. The van der Waals surface area contributed by atoms with Gasteiger partial charge >= 0.3 is 0 Å². The van der Waals surface area contributed by atoms with Gasteiger partial charge in [-0.1, -0.05) is 19.1 Å². The number of benzene rings is 1. The molecule has 0 bridgehead atoms. The number of fused-ring (bicyclic) bond motifs is 3. The first kappa shape index (κ1) is 21.6. The summed E-state index contributed by atoms with van der Waals surface area (Å²) in [6.45, 7) is 1.81. The summed E-state index contributed by atoms with van der Waals surface area (Å²) in [4.78, 5) is 39.6. The van der Waals surface area contributed by atoms with Crippen LogP contribution in [0.3, 0.4) is 0 Å². The van der Waals surface area contributed by atoms with Gasteiger partial charge in [-0.25, -0.2) is 0 Å². The van der Waals surface area contributed by atoms with Crippen LogP contribution in [0.5, 0.6) is 5.75 Å². The van der Waals surface area contributed by atoms with Gasteiger partial charge in [-0.2, -0.15) is 0 Å². The van der Waals surface area contributed by atoms with Gasteiger partial charge in [0.25, 0.3) is 0 Å². The number of amides is 1. The lowest BCUT2D eigenvalue weighted by molar-refractivity contribution is -0.205. The SMILES string of the molecule is C[C@H]1c2cccc(O)c2C=C2C(O)[C@]3(O)C(=O)C(C(N)=O)C(=O)[C@@H](N(C)C)[C@@H]3[C@@H](O)[C@@H]21. The van der Waals surface area contributed by atoms with E-state index in [-0.39, 0.29) is 11.3 Å². The van der Waals surface area contributed by atoms with Crippen LogP contribution in [0.1, 0.15) is 24.0 Å². The van der Waals surface area contributed by atoms with Crippen LogP contribution in [0, 0.1) is 17.8 Å². The third-order valence-corrected chi connectivity index (χ3v) is 7.23. The van der Waals surface area contributed by atoms with Gasteiger partial charge in [-0.3, -0.25) is 19.3 Å². The molecule has 0 radical (unpaired) electrons. The van der Waals surface area contributed by atoms with E-state index < -0.39 is 65.0 Å². The Balaban J connectivity index is 1.96. The van der Waals surface area contributed by atoms with Crippen LogP contribution in [0.4, 0.5) is 0 Å². The van der Waals surface area contributed by atoms with Gasteiger partial charge < -0.3 is 26.2 Å². The normalized spacial score (nSPS) is 39.5. The molecule has 1 aromatic rings. The van der Waals surface area contributed by atoms with E-state index in [1.165, 1.54) is 31.1 Å². The second-order valence-corrected chi connectivity index (χ2v) is 8.99. The summed E-state index contributed by atoms with van der Waals surface area (Å²) in [5.74, 6) is -7.71. The lowest BCUT2D eigenvalue weighted by Gasteiger charge is -2.57. The van der Waals surface area contributed by atoms with Crippen molar-refractivity contribution in [3.8, 4) is 5.75 Å². The first-order valence-corrected chi connectivity index (χ1v) is 10.1. The molecule has 0 aliphatic heterocycles. The molecule has 2 unspecified atom stereocenters. The van der Waals surface area contributed by atoms with Crippen molar-refractivity contribution in [2.45, 2.75) is 36.7 Å². The number of carbonyl (C=O) groups excluding carboxylic acids is 3. The molecule has 2 saturated carbocycles. The van der Waals surface area contributed by atoms with Gasteiger partial charge in [0, 0.05) is 17.4 Å². The van der Waals surface area contributed by atoms with E-state index in [2.05, 4.69) is 0 Å². The third-order valence-electron chi connectivity index (χ3n) is 7.23. The van der Waals surface area contributed by atoms with Crippen LogP contribution in [0.15, 0.2) is 23.8 Å². The van der Waals surface area contributed by atoms with Crippen LogP contribution in [0.25, 0.3) is 6.08 Å². The Kier molecular flexibility index (Phi) is 4.86. The number of aromatic hydroxyl groups is 1. The number of nitrogens with zero attached hydrogens (tertiary/aromatic N) is 1. The number of likely N-dealkylation sites (N-methyl/N-ethyl adjacent to an activating group) is 1. The molecule has 0 heterocycles. The second kappa shape index (κ2) is 6.96. The number of phenolic OH excluding ortho intramolecular Hbond substituents is 1. The molecule has 31 heavy (non-hydrogen) atoms. The molecular formula is C22H26N2O7. The van der Waals surface area contributed by atoms with Gasteiger partial charge in [0.15, 0.2) is 23.1 Å². The number of nitrogens with two attached hydrogens (primary N) is 1. The summed E-state index contributed by atoms with van der Waals surface area (Å²) in [5, 5.41) is 44.5. The van der Waals surface area contributed by atoms with Crippen LogP contribution in [-0.2, 0) is 14.4 Å². The second-order valence-electron chi connectivity index (χ2n) is 8.99. The van der Waals surface area contributed by atoms with Crippen molar-refractivity contribution < 1.29 is 34.8 Å². The van der Waals surface area contributed by atoms with Crippen LogP contribution < -0.4 is 5.73 Å². The Morgan fingerprint density at radius 2 is 1.84 bits per heavy atom. The van der Waals surface area contributed by atoms with Crippen LogP contribution in [0.2, 0.25) is 0 Å². The Morgan fingerprint density at radius 3 is 2.42 bits per heavy atom. The predicted octanol–water partition coefficient (Wildman–Crippen LogP) is -1.22. The molecule has 6 N–H and O–H groups in total. The maximum Gasteiger partial charge on any atom is 0.235 e. The molecular weight excluding hydrogens is 404 g/mol. The van der Waals surface area contributed by atoms with Gasteiger partial charge in [0.1, 0.15) is 11.9 Å². The lowest BCUT2D eigenvalue weighted by Crippen LogP contribution is -2.76. The number of primary amides is 1. The van der Waals surface area contributed by atoms with Gasteiger partial charge in [0.2, 0.25) is 5.91 Å². The Morgan fingerprint density at radius 1 is 1.19 bits per heavy atom. The minimum Gasteiger partial charge on any atom is -0.507 e. The van der Waals surface area contributed by atoms with Gasteiger partial charge in [-0.15, -0.1) is 0 Å². The summed E-state index contributed by atoms with van der Waals surface area (Å²) < 4.78 is 0. The largest absolute Gasteiger partial charge is 0.507 e. The molecule has 1 amide bonds. The van der Waals surface area contributed by atoms with E-state index in [0.717, 1.165) is 5.56 Å². The van der Waals surface area contributed by atoms with Crippen molar-refractivity contribution in [3.63, 3.8) is 0 Å². The number of phenols is 1. The first-order chi connectivity index (χ1) is 14.4. The van der Waals surface area contributed by atoms with Crippen molar-refractivity contribution >= 4 is 23.5 Å². The molecule has 9 nitrogen and oxygen atoms in total. The summed E-state index contributed by atoms with van der Waals surface area (Å²) in [7, 11) is 3.05. The van der Waals surface area contributed by atoms with E-state index in [1.807, 2.05) is 0 Å². The van der Waals surface area contributed by atoms with E-state index in [4.69, 9.17) is 5.73 Å². The molecule has 9 heteroatoms.